The van der Waals surface area contributed by atoms with Gasteiger partial charge in [0.05, 0.1) is 0 Å². The van der Waals surface area contributed by atoms with Crippen LogP contribution < -0.4 is 0 Å². The standard InChI is InChI=1S/C13H22BrN3O/c1-4-6-8-17(9-7-5-2)13(18)11-12(14)16-10(3)15-11/h4-9H2,1-3H3,(H,15,16). The zero-order valence-corrected chi connectivity index (χ0v) is 13.0. The Morgan fingerprint density at radius 3 is 2.22 bits per heavy atom. The van der Waals surface area contributed by atoms with Crippen LogP contribution in [0, 0.1) is 6.92 Å². The molecule has 0 aliphatic rings. The van der Waals surface area contributed by atoms with Gasteiger partial charge in [-0.25, -0.2) is 4.98 Å². The summed E-state index contributed by atoms with van der Waals surface area (Å²) in [4.78, 5) is 21.6. The van der Waals surface area contributed by atoms with E-state index in [1.807, 2.05) is 11.8 Å². The topological polar surface area (TPSA) is 49.0 Å². The van der Waals surface area contributed by atoms with Gasteiger partial charge in [0, 0.05) is 13.1 Å². The van der Waals surface area contributed by atoms with Crippen molar-refractivity contribution in [1.29, 1.82) is 0 Å². The van der Waals surface area contributed by atoms with Crippen LogP contribution in [0.2, 0.25) is 0 Å². The second-order valence-corrected chi connectivity index (χ2v) is 5.28. The zero-order chi connectivity index (χ0) is 13.5. The smallest absolute Gasteiger partial charge is 0.275 e. The summed E-state index contributed by atoms with van der Waals surface area (Å²) in [6.45, 7) is 7.75. The van der Waals surface area contributed by atoms with E-state index in [0.717, 1.165) is 44.6 Å². The Morgan fingerprint density at radius 1 is 1.28 bits per heavy atom. The lowest BCUT2D eigenvalue weighted by atomic mass is 10.2. The summed E-state index contributed by atoms with van der Waals surface area (Å²) in [6.07, 6.45) is 4.26. The van der Waals surface area contributed by atoms with Crippen LogP contribution in [-0.4, -0.2) is 33.9 Å². The second kappa shape index (κ2) is 7.56. The molecule has 18 heavy (non-hydrogen) atoms. The van der Waals surface area contributed by atoms with Crippen LogP contribution >= 0.6 is 15.9 Å². The molecular formula is C13H22BrN3O. The quantitative estimate of drug-likeness (QED) is 0.836. The van der Waals surface area contributed by atoms with Gasteiger partial charge in [-0.3, -0.25) is 4.79 Å². The Balaban J connectivity index is 2.77. The van der Waals surface area contributed by atoms with Crippen molar-refractivity contribution in [3.63, 3.8) is 0 Å². The number of nitrogens with one attached hydrogen (secondary N) is 1. The van der Waals surface area contributed by atoms with E-state index in [9.17, 15) is 4.79 Å². The minimum Gasteiger partial charge on any atom is -0.337 e. The van der Waals surface area contributed by atoms with Crippen molar-refractivity contribution >= 4 is 21.8 Å². The van der Waals surface area contributed by atoms with E-state index in [1.165, 1.54) is 0 Å². The molecule has 0 saturated heterocycles. The number of halogens is 1. The number of rotatable bonds is 7. The van der Waals surface area contributed by atoms with E-state index >= 15 is 0 Å². The number of carbonyl (C=O) groups excluding carboxylic acids is 1. The Hall–Kier alpha value is -0.840. The fourth-order valence-electron chi connectivity index (χ4n) is 1.77. The van der Waals surface area contributed by atoms with Gasteiger partial charge in [-0.2, -0.15) is 0 Å². The minimum atomic E-state index is 0.0214. The molecule has 0 bridgehead atoms. The number of H-pyrrole nitrogens is 1. The van der Waals surface area contributed by atoms with Crippen molar-refractivity contribution in [2.75, 3.05) is 13.1 Å². The average molecular weight is 316 g/mol. The van der Waals surface area contributed by atoms with Gasteiger partial charge in [-0.15, -0.1) is 0 Å². The molecule has 0 saturated carbocycles. The fourth-order valence-corrected chi connectivity index (χ4v) is 2.31. The van der Waals surface area contributed by atoms with Crippen LogP contribution in [0.1, 0.15) is 55.8 Å². The van der Waals surface area contributed by atoms with Gasteiger partial charge >= 0.3 is 0 Å². The van der Waals surface area contributed by atoms with E-state index in [4.69, 9.17) is 0 Å². The Kier molecular flexibility index (Phi) is 6.39. The van der Waals surface area contributed by atoms with E-state index in [0.29, 0.717) is 10.3 Å². The predicted molar refractivity (Wildman–Crippen MR) is 76.7 cm³/mol. The molecule has 1 amide bonds. The van der Waals surface area contributed by atoms with Crippen LogP contribution in [0.15, 0.2) is 4.60 Å². The van der Waals surface area contributed by atoms with Gasteiger partial charge in [-0.1, -0.05) is 26.7 Å². The summed E-state index contributed by atoms with van der Waals surface area (Å²) in [7, 11) is 0. The lowest BCUT2D eigenvalue weighted by molar-refractivity contribution is 0.0744. The highest BCUT2D eigenvalue weighted by molar-refractivity contribution is 9.10. The second-order valence-electron chi connectivity index (χ2n) is 4.48. The molecule has 0 unspecified atom stereocenters. The monoisotopic (exact) mass is 315 g/mol. The highest BCUT2D eigenvalue weighted by Crippen LogP contribution is 2.16. The number of unbranched alkanes of at least 4 members (excludes halogenated alkanes) is 2. The Morgan fingerprint density at radius 2 is 1.83 bits per heavy atom. The largest absolute Gasteiger partial charge is 0.337 e. The van der Waals surface area contributed by atoms with E-state index in [2.05, 4.69) is 39.7 Å². The van der Waals surface area contributed by atoms with Crippen LogP contribution in [-0.2, 0) is 0 Å². The Labute approximate surface area is 117 Å². The summed E-state index contributed by atoms with van der Waals surface area (Å²) in [6, 6.07) is 0. The van der Waals surface area contributed by atoms with Gasteiger partial charge in [0.25, 0.3) is 5.91 Å². The molecule has 0 fully saturated rings. The number of hydrogen-bond donors (Lipinski definition) is 1. The molecule has 0 aliphatic carbocycles. The van der Waals surface area contributed by atoms with Gasteiger partial charge < -0.3 is 9.88 Å². The summed E-state index contributed by atoms with van der Waals surface area (Å²) in [5.74, 6) is 0.782. The number of nitrogens with zero attached hydrogens (tertiary/aromatic N) is 2. The molecule has 1 aromatic rings. The molecule has 5 heteroatoms. The third kappa shape index (κ3) is 4.12. The van der Waals surface area contributed by atoms with Gasteiger partial charge in [-0.05, 0) is 35.7 Å². The summed E-state index contributed by atoms with van der Waals surface area (Å²) in [5.41, 5.74) is 0.500. The van der Waals surface area contributed by atoms with Crippen molar-refractivity contribution < 1.29 is 4.79 Å². The van der Waals surface area contributed by atoms with Crippen molar-refractivity contribution in [2.45, 2.75) is 46.5 Å². The number of aromatic amines is 1. The van der Waals surface area contributed by atoms with Gasteiger partial charge in [0.1, 0.15) is 10.4 Å². The van der Waals surface area contributed by atoms with E-state index in [1.54, 1.807) is 0 Å². The molecule has 0 spiro atoms. The van der Waals surface area contributed by atoms with Crippen molar-refractivity contribution in [3.05, 3.63) is 16.1 Å². The molecule has 102 valence electrons. The van der Waals surface area contributed by atoms with Gasteiger partial charge in [0.2, 0.25) is 0 Å². The number of hydrogen-bond acceptors (Lipinski definition) is 2. The summed E-state index contributed by atoms with van der Waals surface area (Å²) >= 11 is 3.36. The van der Waals surface area contributed by atoms with Crippen LogP contribution in [0.4, 0.5) is 0 Å². The van der Waals surface area contributed by atoms with Crippen LogP contribution in [0.25, 0.3) is 0 Å². The molecule has 0 atom stereocenters. The maximum absolute atomic E-state index is 12.4. The van der Waals surface area contributed by atoms with Gasteiger partial charge in [0.15, 0.2) is 5.69 Å². The number of amides is 1. The first-order valence-electron chi connectivity index (χ1n) is 6.61. The normalized spacial score (nSPS) is 10.7. The molecule has 0 radical (unpaired) electrons. The molecule has 1 aromatic heterocycles. The number of carbonyl (C=O) groups is 1. The highest BCUT2D eigenvalue weighted by atomic mass is 79.9. The molecule has 0 aromatic carbocycles. The third-order valence-electron chi connectivity index (χ3n) is 2.83. The van der Waals surface area contributed by atoms with Crippen molar-refractivity contribution in [1.82, 2.24) is 14.9 Å². The van der Waals surface area contributed by atoms with Crippen molar-refractivity contribution in [2.24, 2.45) is 0 Å². The minimum absolute atomic E-state index is 0.0214. The summed E-state index contributed by atoms with van der Waals surface area (Å²) < 4.78 is 0.683. The highest BCUT2D eigenvalue weighted by Gasteiger charge is 2.20. The predicted octanol–water partition coefficient (Wildman–Crippen LogP) is 3.52. The average Bonchev–Trinajstić information content (AvgIpc) is 2.68. The fraction of sp³-hybridized carbons (Fsp3) is 0.692. The summed E-state index contributed by atoms with van der Waals surface area (Å²) in [5, 5.41) is 0. The maximum Gasteiger partial charge on any atom is 0.275 e. The Bertz CT molecular complexity index is 382. The molecule has 1 N–H and O–H groups in total. The molecular weight excluding hydrogens is 294 g/mol. The SMILES string of the molecule is CCCCN(CCCC)C(=O)c1nc(C)[nH]c1Br. The third-order valence-corrected chi connectivity index (χ3v) is 3.40. The first kappa shape index (κ1) is 15.2. The lowest BCUT2D eigenvalue weighted by Crippen LogP contribution is -2.33. The number of aryl methyl sites for hydroxylation is 1. The lowest BCUT2D eigenvalue weighted by Gasteiger charge is -2.21. The van der Waals surface area contributed by atoms with Crippen molar-refractivity contribution in [3.8, 4) is 0 Å². The number of imidazole rings is 1. The zero-order valence-electron chi connectivity index (χ0n) is 11.4. The van der Waals surface area contributed by atoms with Crippen LogP contribution in [0.3, 0.4) is 0 Å². The molecule has 1 rings (SSSR count). The maximum atomic E-state index is 12.4. The number of aromatic nitrogens is 2. The first-order chi connectivity index (χ1) is 8.60. The first-order valence-corrected chi connectivity index (χ1v) is 7.40. The molecule has 1 heterocycles. The van der Waals surface area contributed by atoms with E-state index in [-0.39, 0.29) is 5.91 Å². The molecule has 4 nitrogen and oxygen atoms in total. The molecule has 0 aliphatic heterocycles. The van der Waals surface area contributed by atoms with Crippen LogP contribution in [0.5, 0.6) is 0 Å². The van der Waals surface area contributed by atoms with E-state index < -0.39 is 0 Å².